The number of carbonyl (C=O) groups excluding carboxylic acids is 7. The number of carboxylic acid groups (broad SMARTS) is 4. The minimum Gasteiger partial charge on any atom is -0.481 e. The number of unbranched alkanes of at least 4 members (excludes halogenated alkanes) is 1. The minimum atomic E-state index is -1.91. The second-order valence-corrected chi connectivity index (χ2v) is 17.5. The molecule has 0 bridgehead atoms. The molecule has 0 saturated heterocycles. The van der Waals surface area contributed by atoms with E-state index in [0.29, 0.717) is 36.3 Å². The zero-order valence-corrected chi connectivity index (χ0v) is 40.4. The van der Waals surface area contributed by atoms with E-state index in [1.165, 1.54) is 25.6 Å². The number of nitrogens with one attached hydrogen (secondary N) is 7. The molecule has 71 heavy (non-hydrogen) atoms. The van der Waals surface area contributed by atoms with Crippen molar-refractivity contribution in [3.8, 4) is 0 Å². The third kappa shape index (κ3) is 23.3. The molecule has 0 aliphatic rings. The first kappa shape index (κ1) is 59.8. The van der Waals surface area contributed by atoms with Gasteiger partial charge in [-0.1, -0.05) is 74.5 Å². The fourth-order valence-electron chi connectivity index (χ4n) is 6.66. The van der Waals surface area contributed by atoms with Gasteiger partial charge >= 0.3 is 30.0 Å². The van der Waals surface area contributed by atoms with E-state index in [9.17, 15) is 73.2 Å². The molecule has 2 aromatic rings. The van der Waals surface area contributed by atoms with Crippen molar-refractivity contribution < 1.29 is 77.9 Å². The van der Waals surface area contributed by atoms with Gasteiger partial charge in [-0.15, -0.1) is 0 Å². The van der Waals surface area contributed by atoms with Crippen LogP contribution in [-0.2, 0) is 65.7 Å². The number of thioether (sulfide) groups is 1. The summed E-state index contributed by atoms with van der Waals surface area (Å²) in [5.41, 5.74) is 6.62. The number of carboxylic acids is 4. The van der Waals surface area contributed by atoms with Crippen LogP contribution in [0.2, 0.25) is 0 Å². The van der Waals surface area contributed by atoms with Crippen molar-refractivity contribution >= 4 is 77.2 Å². The smallest absolute Gasteiger partial charge is 0.408 e. The average Bonchev–Trinajstić information content (AvgIpc) is 3.31. The van der Waals surface area contributed by atoms with Crippen LogP contribution in [0, 0.1) is 5.92 Å². The maximum atomic E-state index is 14.0. The first-order valence-electron chi connectivity index (χ1n) is 22.6. The first-order valence-corrected chi connectivity index (χ1v) is 23.9. The van der Waals surface area contributed by atoms with Crippen molar-refractivity contribution in [1.82, 2.24) is 37.2 Å². The summed E-state index contributed by atoms with van der Waals surface area (Å²) in [7, 11) is 0. The van der Waals surface area contributed by atoms with Gasteiger partial charge in [0.05, 0.1) is 12.8 Å². The van der Waals surface area contributed by atoms with Gasteiger partial charge in [0.1, 0.15) is 48.9 Å². The molecule has 25 heteroatoms. The van der Waals surface area contributed by atoms with Crippen LogP contribution in [0.25, 0.3) is 0 Å². The number of ether oxygens (including phenoxy) is 1. The molecule has 13 N–H and O–H groups in total. The number of rotatable bonds is 33. The van der Waals surface area contributed by atoms with Crippen LogP contribution in [0.15, 0.2) is 60.7 Å². The van der Waals surface area contributed by atoms with Crippen LogP contribution < -0.4 is 43.0 Å². The SMILES string of the molecule is CSCC[C@H](NC(=O)[C@H](Cc1ccccc1)NC(=O)[C@H](CC(=O)O)NC(=O)[C@@H](NC(=O)[C@H](CCC(=O)O)NC(=O)[C@H](CC(=O)O)NC(=O)OCc1ccccc1)C(C)C)C(=O)N[C@@H](CCCCN)C(=O)O. The van der Waals surface area contributed by atoms with E-state index >= 15 is 0 Å². The topological polar surface area (TPSA) is 388 Å². The Morgan fingerprint density at radius 2 is 1.00 bits per heavy atom. The number of benzene rings is 2. The molecule has 7 amide bonds. The van der Waals surface area contributed by atoms with Crippen LogP contribution in [0.5, 0.6) is 0 Å². The molecule has 0 heterocycles. The van der Waals surface area contributed by atoms with Gasteiger partial charge in [0.2, 0.25) is 35.4 Å². The van der Waals surface area contributed by atoms with Crippen molar-refractivity contribution in [2.75, 3.05) is 18.6 Å². The van der Waals surface area contributed by atoms with Crippen LogP contribution >= 0.6 is 11.8 Å². The zero-order chi connectivity index (χ0) is 53.0. The van der Waals surface area contributed by atoms with Gasteiger partial charge in [-0.2, -0.15) is 11.8 Å². The first-order chi connectivity index (χ1) is 33.6. The monoisotopic (exact) mass is 1020 g/mol. The summed E-state index contributed by atoms with van der Waals surface area (Å²) in [6, 6.07) is 5.44. The second kappa shape index (κ2) is 31.8. The van der Waals surface area contributed by atoms with Gasteiger partial charge in [0, 0.05) is 12.8 Å². The van der Waals surface area contributed by atoms with Crippen molar-refractivity contribution in [3.63, 3.8) is 0 Å². The lowest BCUT2D eigenvalue weighted by Gasteiger charge is -2.28. The molecule has 0 aromatic heterocycles. The molecule has 0 fully saturated rings. The van der Waals surface area contributed by atoms with Crippen LogP contribution in [0.3, 0.4) is 0 Å². The number of carbonyl (C=O) groups is 11. The highest BCUT2D eigenvalue weighted by Gasteiger charge is 2.36. The number of aliphatic carboxylic acids is 4. The lowest BCUT2D eigenvalue weighted by Crippen LogP contribution is -2.61. The quantitative estimate of drug-likeness (QED) is 0.0414. The van der Waals surface area contributed by atoms with Gasteiger partial charge in [0.15, 0.2) is 0 Å². The summed E-state index contributed by atoms with van der Waals surface area (Å²) >= 11 is 1.34. The van der Waals surface area contributed by atoms with Crippen molar-refractivity contribution in [3.05, 3.63) is 71.8 Å². The van der Waals surface area contributed by atoms with E-state index in [1.807, 2.05) is 0 Å². The summed E-state index contributed by atoms with van der Waals surface area (Å²) in [5, 5.41) is 54.9. The predicted molar refractivity (Wildman–Crippen MR) is 255 cm³/mol. The predicted octanol–water partition coefficient (Wildman–Crippen LogP) is -0.130. The third-order valence-electron chi connectivity index (χ3n) is 10.5. The molecule has 0 radical (unpaired) electrons. The van der Waals surface area contributed by atoms with Gasteiger partial charge < -0.3 is 68.1 Å². The maximum absolute atomic E-state index is 14.0. The summed E-state index contributed by atoms with van der Waals surface area (Å²) in [4.78, 5) is 142. The Morgan fingerprint density at radius 3 is 1.51 bits per heavy atom. The number of alkyl carbamates (subject to hydrolysis) is 1. The molecule has 2 aromatic carbocycles. The molecule has 7 atom stereocenters. The molecule has 390 valence electrons. The lowest BCUT2D eigenvalue weighted by atomic mass is 10.0. The van der Waals surface area contributed by atoms with Crippen molar-refractivity contribution in [2.45, 2.75) is 121 Å². The van der Waals surface area contributed by atoms with E-state index in [1.54, 1.807) is 66.9 Å². The van der Waals surface area contributed by atoms with Gasteiger partial charge in [-0.3, -0.25) is 43.2 Å². The van der Waals surface area contributed by atoms with Crippen LogP contribution in [0.1, 0.15) is 76.3 Å². The summed E-state index contributed by atoms with van der Waals surface area (Å²) in [6.07, 6.45) is -1.97. The summed E-state index contributed by atoms with van der Waals surface area (Å²) in [5.74, 6) is -12.7. The number of hydrogen-bond donors (Lipinski definition) is 12. The molecule has 0 aliphatic carbocycles. The Hall–Kier alpha value is -7.28. The van der Waals surface area contributed by atoms with Crippen molar-refractivity contribution in [1.29, 1.82) is 0 Å². The maximum Gasteiger partial charge on any atom is 0.408 e. The molecular formula is C46H64N8O16S. The highest BCUT2D eigenvalue weighted by molar-refractivity contribution is 7.98. The van der Waals surface area contributed by atoms with Gasteiger partial charge in [0.25, 0.3) is 0 Å². The molecule has 2 rings (SSSR count). The Kier molecular flexibility index (Phi) is 26.8. The van der Waals surface area contributed by atoms with Crippen LogP contribution in [-0.4, -0.2) is 147 Å². The number of amides is 7. The fourth-order valence-corrected chi connectivity index (χ4v) is 7.14. The van der Waals surface area contributed by atoms with E-state index in [4.69, 9.17) is 10.5 Å². The van der Waals surface area contributed by atoms with E-state index in [0.717, 1.165) is 0 Å². The Morgan fingerprint density at radius 1 is 0.535 bits per heavy atom. The van der Waals surface area contributed by atoms with Gasteiger partial charge in [-0.25, -0.2) is 9.59 Å². The van der Waals surface area contributed by atoms with E-state index < -0.39 is 139 Å². The average molecular weight is 1020 g/mol. The molecule has 0 unspecified atom stereocenters. The highest BCUT2D eigenvalue weighted by Crippen LogP contribution is 2.12. The Labute approximate surface area is 413 Å². The van der Waals surface area contributed by atoms with E-state index in [-0.39, 0.29) is 25.9 Å². The second-order valence-electron chi connectivity index (χ2n) is 16.5. The zero-order valence-electron chi connectivity index (χ0n) is 39.6. The Bertz CT molecular complexity index is 2130. The summed E-state index contributed by atoms with van der Waals surface area (Å²) < 4.78 is 5.08. The van der Waals surface area contributed by atoms with Gasteiger partial charge in [-0.05, 0) is 67.7 Å². The molecule has 0 saturated carbocycles. The molecule has 0 aliphatic heterocycles. The largest absolute Gasteiger partial charge is 0.481 e. The highest BCUT2D eigenvalue weighted by atomic mass is 32.2. The fraction of sp³-hybridized carbons (Fsp3) is 0.500. The standard InChI is InChI=1S/C46H64N8O16S/c1-26(2)38(54-40(62)29(17-18-35(55)56)48-43(65)34(24-37(59)60)53-46(69)70-25-28-14-8-5-9-15-28)44(66)52-33(23-36(57)58)42(64)51-32(22-27-12-6-4-7-13-27)41(63)49-30(19-21-71-3)39(61)50-31(45(67)68)16-10-11-20-47/h4-9,12-15,26,29-34,38H,10-11,16-25,47H2,1-3H3,(H,48,65)(H,49,63)(H,50,61)(H,51,64)(H,52,66)(H,53,69)(H,54,62)(H,55,56)(H,57,58)(H,59,60)(H,67,68)/t29-,30-,31-,32-,33-,34-,38-/m0/s1. The minimum absolute atomic E-state index is 0.0460. The summed E-state index contributed by atoms with van der Waals surface area (Å²) in [6.45, 7) is 2.97. The van der Waals surface area contributed by atoms with E-state index in [2.05, 4.69) is 37.2 Å². The normalized spacial score (nSPS) is 13.8. The molecule has 24 nitrogen and oxygen atoms in total. The number of nitrogens with two attached hydrogens (primary N) is 1. The Balaban J connectivity index is 2.37. The molecular weight excluding hydrogens is 953 g/mol. The number of hydrogen-bond acceptors (Lipinski definition) is 14. The lowest BCUT2D eigenvalue weighted by molar-refractivity contribution is -0.143. The van der Waals surface area contributed by atoms with Crippen molar-refractivity contribution in [2.24, 2.45) is 11.7 Å². The molecule has 0 spiro atoms. The van der Waals surface area contributed by atoms with Crippen LogP contribution in [0.4, 0.5) is 4.79 Å². The third-order valence-corrected chi connectivity index (χ3v) is 11.1.